The number of nitrogens with one attached hydrogen (secondary N) is 3. The summed E-state index contributed by atoms with van der Waals surface area (Å²) in [5, 5.41) is 7.35. The monoisotopic (exact) mass is 564 g/mol. The largest absolute Gasteiger partial charge is 0.419 e. The minimum Gasteiger partial charge on any atom is -0.378 e. The van der Waals surface area contributed by atoms with Gasteiger partial charge in [0.25, 0.3) is 5.91 Å². The van der Waals surface area contributed by atoms with Gasteiger partial charge in [0.2, 0.25) is 5.95 Å². The molecule has 0 spiro atoms. The number of fused-ring (bicyclic) bond motifs is 8. The maximum absolute atomic E-state index is 14.1. The van der Waals surface area contributed by atoms with E-state index in [-0.39, 0.29) is 40.8 Å². The van der Waals surface area contributed by atoms with Crippen LogP contribution in [0, 0.1) is 0 Å². The van der Waals surface area contributed by atoms with Gasteiger partial charge in [0.05, 0.1) is 30.0 Å². The number of halogens is 3. The van der Waals surface area contributed by atoms with E-state index < -0.39 is 18.9 Å². The number of aromatic amines is 1. The molecule has 3 aromatic rings. The number of H-pyrrole nitrogens is 1. The van der Waals surface area contributed by atoms with E-state index in [9.17, 15) is 22.5 Å². The molecule has 8 bridgehead atoms. The van der Waals surface area contributed by atoms with E-state index in [1.54, 1.807) is 13.1 Å². The fraction of sp³-hybridized carbons (Fsp3) is 0.500. The molecule has 0 saturated heterocycles. The Morgan fingerprint density at radius 1 is 1.13 bits per heavy atom. The van der Waals surface area contributed by atoms with E-state index in [1.807, 2.05) is 0 Å². The highest BCUT2D eigenvalue weighted by molar-refractivity contribution is 7.70. The number of likely N-dealkylation sites (N-methyl/N-ethyl adjacent to an activating group) is 1. The molecule has 0 radical (unpaired) electrons. The number of rotatable bonds is 1. The molecule has 0 unspecified atom stereocenters. The van der Waals surface area contributed by atoms with Crippen LogP contribution in [-0.4, -0.2) is 84.5 Å². The molecule has 1 amide bonds. The Morgan fingerprint density at radius 3 is 2.64 bits per heavy atom. The second-order valence-electron chi connectivity index (χ2n) is 10.5. The summed E-state index contributed by atoms with van der Waals surface area (Å²) in [4.78, 5) is 26.2. The van der Waals surface area contributed by atoms with Crippen LogP contribution in [-0.2, 0) is 15.5 Å². The van der Waals surface area contributed by atoms with Crippen LogP contribution in [0.25, 0.3) is 22.2 Å². The Bertz CT molecular complexity index is 1440. The van der Waals surface area contributed by atoms with Crippen molar-refractivity contribution in [3.8, 4) is 11.3 Å². The van der Waals surface area contributed by atoms with Crippen molar-refractivity contribution in [2.75, 3.05) is 52.0 Å². The third kappa shape index (κ3) is 5.69. The highest BCUT2D eigenvalue weighted by Gasteiger charge is 2.37. The number of nitrogens with zero attached hydrogens (tertiary/aromatic N) is 3. The van der Waals surface area contributed by atoms with Crippen molar-refractivity contribution in [3.63, 3.8) is 0 Å². The number of anilines is 1. The number of benzene rings is 1. The summed E-state index contributed by atoms with van der Waals surface area (Å²) >= 11 is 0. The molecule has 1 saturated carbocycles. The van der Waals surface area contributed by atoms with E-state index in [0.717, 1.165) is 25.5 Å². The van der Waals surface area contributed by atoms with Crippen molar-refractivity contribution in [3.05, 3.63) is 35.7 Å². The van der Waals surface area contributed by atoms with E-state index in [1.165, 1.54) is 30.5 Å². The van der Waals surface area contributed by atoms with Crippen LogP contribution in [0.2, 0.25) is 0 Å². The van der Waals surface area contributed by atoms with Crippen LogP contribution in [0.3, 0.4) is 0 Å². The fourth-order valence-corrected chi connectivity index (χ4v) is 6.88. The van der Waals surface area contributed by atoms with E-state index >= 15 is 0 Å². The number of carbonyl (C=O) groups is 1. The molecule has 2 aliphatic heterocycles. The second-order valence-corrected chi connectivity index (χ2v) is 13.7. The first-order chi connectivity index (χ1) is 18.4. The van der Waals surface area contributed by atoms with Gasteiger partial charge in [0, 0.05) is 60.9 Å². The van der Waals surface area contributed by atoms with Crippen molar-refractivity contribution in [2.45, 2.75) is 37.5 Å². The standard InChI is InChI=1S/C26H32F3N6O3P/c1-35-9-11-38-10-8-30-15-4-5-16(12-15)33-25-32-14-20(26(27,28)29)21(34-25)19-13-31-22-17(19)6-7-18(24(35)36)23(22)39(2,3)37/h6-7,13-16,30-31H,4-5,8-12H2,1-3H3,(H,32,33,34)/t15-,16-/m0/s1. The molecule has 1 aromatic carbocycles. The van der Waals surface area contributed by atoms with Gasteiger partial charge in [-0.25, -0.2) is 9.97 Å². The number of alkyl halides is 3. The summed E-state index contributed by atoms with van der Waals surface area (Å²) < 4.78 is 61.5. The molecule has 9 nitrogen and oxygen atoms in total. The van der Waals surface area contributed by atoms with Crippen molar-refractivity contribution < 1.29 is 27.3 Å². The summed E-state index contributed by atoms with van der Waals surface area (Å²) in [5.41, 5.74) is -0.470. The van der Waals surface area contributed by atoms with Crippen LogP contribution in [0.1, 0.15) is 35.2 Å². The van der Waals surface area contributed by atoms with Gasteiger partial charge >= 0.3 is 6.18 Å². The predicted molar refractivity (Wildman–Crippen MR) is 144 cm³/mol. The lowest BCUT2D eigenvalue weighted by Crippen LogP contribution is -2.34. The van der Waals surface area contributed by atoms with E-state index in [2.05, 4.69) is 25.6 Å². The molecule has 39 heavy (non-hydrogen) atoms. The maximum atomic E-state index is 14.1. The molecule has 2 aromatic heterocycles. The third-order valence-electron chi connectivity index (χ3n) is 7.31. The zero-order valence-electron chi connectivity index (χ0n) is 22.1. The second kappa shape index (κ2) is 10.6. The van der Waals surface area contributed by atoms with Crippen molar-refractivity contribution >= 4 is 35.2 Å². The first-order valence-corrected chi connectivity index (χ1v) is 15.5. The lowest BCUT2D eigenvalue weighted by atomic mass is 10.0. The van der Waals surface area contributed by atoms with Crippen molar-refractivity contribution in [1.82, 2.24) is 25.2 Å². The summed E-state index contributed by atoms with van der Waals surface area (Å²) in [6.07, 6.45) is 0.0433. The topological polar surface area (TPSA) is 112 Å². The van der Waals surface area contributed by atoms with Gasteiger partial charge in [-0.3, -0.25) is 4.79 Å². The van der Waals surface area contributed by atoms with Crippen LogP contribution in [0.5, 0.6) is 0 Å². The number of aromatic nitrogens is 3. The number of hydrogen-bond donors (Lipinski definition) is 3. The average molecular weight is 565 g/mol. The lowest BCUT2D eigenvalue weighted by Gasteiger charge is -2.21. The Labute approximate surface area is 224 Å². The van der Waals surface area contributed by atoms with Gasteiger partial charge in [-0.1, -0.05) is 6.07 Å². The fourth-order valence-electron chi connectivity index (χ4n) is 5.40. The highest BCUT2D eigenvalue weighted by atomic mass is 31.2. The SMILES string of the molecule is CN1CCOCCN[C@H]2CC[C@@H](C2)Nc2ncc(C(F)(F)F)c(n2)-c2c[nH]c3c(P(C)(C)=O)c(ccc23)C1=O. The normalized spacial score (nSPS) is 21.5. The molecular weight excluding hydrogens is 532 g/mol. The van der Waals surface area contributed by atoms with E-state index in [4.69, 9.17) is 4.74 Å². The Kier molecular flexibility index (Phi) is 7.47. The third-order valence-corrected chi connectivity index (χ3v) is 8.85. The molecule has 3 N–H and O–H groups in total. The quantitative estimate of drug-likeness (QED) is 0.304. The minimum absolute atomic E-state index is 0.0152. The van der Waals surface area contributed by atoms with Crippen LogP contribution < -0.4 is 15.9 Å². The molecule has 1 aliphatic carbocycles. The van der Waals surface area contributed by atoms with Gasteiger partial charge in [-0.2, -0.15) is 13.2 Å². The van der Waals surface area contributed by atoms with Crippen LogP contribution >= 0.6 is 7.14 Å². The molecule has 4 heterocycles. The number of carbonyl (C=O) groups excluding carboxylic acids is 1. The number of hydrogen-bond acceptors (Lipinski definition) is 7. The molecule has 210 valence electrons. The first-order valence-electron chi connectivity index (χ1n) is 12.9. The number of ether oxygens (including phenoxy) is 1. The highest BCUT2D eigenvalue weighted by Crippen LogP contribution is 2.43. The Balaban J connectivity index is 1.68. The zero-order valence-corrected chi connectivity index (χ0v) is 23.0. The Hall–Kier alpha value is -2.95. The molecule has 3 aliphatic rings. The maximum Gasteiger partial charge on any atom is 0.419 e. The number of amides is 1. The molecule has 2 atom stereocenters. The van der Waals surface area contributed by atoms with Gasteiger partial charge in [-0.05, 0) is 38.7 Å². The van der Waals surface area contributed by atoms with Crippen molar-refractivity contribution in [1.29, 1.82) is 0 Å². The predicted octanol–water partition coefficient (Wildman–Crippen LogP) is 3.92. The van der Waals surface area contributed by atoms with Gasteiger partial charge < -0.3 is 29.8 Å². The summed E-state index contributed by atoms with van der Waals surface area (Å²) in [5.74, 6) is -0.231. The minimum atomic E-state index is -4.69. The molecule has 13 heteroatoms. The van der Waals surface area contributed by atoms with Gasteiger partial charge in [-0.15, -0.1) is 0 Å². The molecular formula is C26H32F3N6O3P. The van der Waals surface area contributed by atoms with Gasteiger partial charge in [0.1, 0.15) is 12.7 Å². The van der Waals surface area contributed by atoms with Gasteiger partial charge in [0.15, 0.2) is 0 Å². The van der Waals surface area contributed by atoms with Crippen molar-refractivity contribution in [2.24, 2.45) is 0 Å². The van der Waals surface area contributed by atoms with E-state index in [0.29, 0.717) is 42.5 Å². The average Bonchev–Trinajstić information content (AvgIpc) is 3.49. The lowest BCUT2D eigenvalue weighted by molar-refractivity contribution is -0.137. The molecule has 1 fully saturated rings. The summed E-state index contributed by atoms with van der Waals surface area (Å²) in [7, 11) is -1.42. The molecule has 6 rings (SSSR count). The smallest absolute Gasteiger partial charge is 0.378 e. The zero-order chi connectivity index (χ0) is 27.9. The summed E-state index contributed by atoms with van der Waals surface area (Å²) in [6, 6.07) is 3.37. The summed E-state index contributed by atoms with van der Waals surface area (Å²) in [6.45, 7) is 4.86. The Morgan fingerprint density at radius 2 is 1.90 bits per heavy atom. The van der Waals surface area contributed by atoms with Crippen LogP contribution in [0.15, 0.2) is 24.5 Å². The van der Waals surface area contributed by atoms with Crippen LogP contribution in [0.4, 0.5) is 19.1 Å². The first kappa shape index (κ1) is 27.6.